The first-order valence-electron chi connectivity index (χ1n) is 7.92. The van der Waals surface area contributed by atoms with Crippen molar-refractivity contribution in [3.63, 3.8) is 0 Å². The van der Waals surface area contributed by atoms with Gasteiger partial charge in [0.15, 0.2) is 0 Å². The number of piperidine rings is 1. The van der Waals surface area contributed by atoms with Gasteiger partial charge in [0, 0.05) is 26.7 Å². The van der Waals surface area contributed by atoms with Crippen LogP contribution in [0.25, 0.3) is 0 Å². The van der Waals surface area contributed by atoms with E-state index in [1.54, 1.807) is 22.0 Å². The van der Waals surface area contributed by atoms with Crippen molar-refractivity contribution in [1.82, 2.24) is 8.61 Å². The molecule has 3 rings (SSSR count). The molecule has 0 unspecified atom stereocenters. The van der Waals surface area contributed by atoms with Gasteiger partial charge in [0.1, 0.15) is 5.76 Å². The highest BCUT2D eigenvalue weighted by Crippen LogP contribution is 2.36. The molecule has 124 valence electrons. The summed E-state index contributed by atoms with van der Waals surface area (Å²) in [6.07, 6.45) is 5.23. The van der Waals surface area contributed by atoms with Crippen LogP contribution in [0.3, 0.4) is 0 Å². The highest BCUT2D eigenvalue weighted by molar-refractivity contribution is 7.86. The minimum atomic E-state index is -3.44. The zero-order chi connectivity index (χ0) is 15.6. The molecule has 22 heavy (non-hydrogen) atoms. The highest BCUT2D eigenvalue weighted by atomic mass is 32.2. The van der Waals surface area contributed by atoms with Crippen molar-refractivity contribution in [2.45, 2.75) is 31.7 Å². The fourth-order valence-electron chi connectivity index (χ4n) is 3.54. The smallest absolute Gasteiger partial charge is 0.282 e. The molecule has 0 bridgehead atoms. The number of rotatable bonds is 5. The average molecular weight is 328 g/mol. The standard InChI is InChI=1S/C15H24N2O4S/c1-20-12-13-5-2-8-16(11-13)22(18,19)17-9-3-6-14(17)15-7-4-10-21-15/h4,7,10,13-14H,2-3,5-6,8-9,11-12H2,1H3/t13-,14+/m1/s1. The van der Waals surface area contributed by atoms with Gasteiger partial charge in [-0.3, -0.25) is 0 Å². The van der Waals surface area contributed by atoms with Crippen LogP contribution in [0.5, 0.6) is 0 Å². The van der Waals surface area contributed by atoms with E-state index in [9.17, 15) is 8.42 Å². The Morgan fingerprint density at radius 2 is 2.14 bits per heavy atom. The Balaban J connectivity index is 1.77. The predicted molar refractivity (Wildman–Crippen MR) is 82.5 cm³/mol. The summed E-state index contributed by atoms with van der Waals surface area (Å²) >= 11 is 0. The van der Waals surface area contributed by atoms with Gasteiger partial charge in [-0.05, 0) is 43.7 Å². The van der Waals surface area contributed by atoms with E-state index >= 15 is 0 Å². The van der Waals surface area contributed by atoms with Crippen LogP contribution in [0, 0.1) is 5.92 Å². The predicted octanol–water partition coefficient (Wildman–Crippen LogP) is 2.02. The number of furan rings is 1. The van der Waals surface area contributed by atoms with E-state index in [0.717, 1.165) is 31.4 Å². The summed E-state index contributed by atoms with van der Waals surface area (Å²) in [7, 11) is -1.77. The summed E-state index contributed by atoms with van der Waals surface area (Å²) in [5.74, 6) is 1.03. The number of nitrogens with zero attached hydrogens (tertiary/aromatic N) is 2. The zero-order valence-corrected chi connectivity index (χ0v) is 13.8. The third kappa shape index (κ3) is 3.08. The Kier molecular flexibility index (Phi) is 4.87. The molecule has 2 aliphatic rings. The molecule has 0 spiro atoms. The Labute approximate surface area is 132 Å². The van der Waals surface area contributed by atoms with Gasteiger partial charge in [0.25, 0.3) is 10.2 Å². The van der Waals surface area contributed by atoms with E-state index in [0.29, 0.717) is 26.2 Å². The van der Waals surface area contributed by atoms with E-state index in [2.05, 4.69) is 0 Å². The van der Waals surface area contributed by atoms with Crippen molar-refractivity contribution < 1.29 is 17.6 Å². The molecule has 0 N–H and O–H groups in total. The third-order valence-corrected chi connectivity index (χ3v) is 6.60. The van der Waals surface area contributed by atoms with Gasteiger partial charge >= 0.3 is 0 Å². The van der Waals surface area contributed by atoms with Crippen molar-refractivity contribution in [2.75, 3.05) is 33.4 Å². The van der Waals surface area contributed by atoms with Crippen LogP contribution >= 0.6 is 0 Å². The SMILES string of the molecule is COC[C@@H]1CCCN(S(=O)(=O)N2CCC[C@H]2c2ccco2)C1. The minimum absolute atomic E-state index is 0.164. The van der Waals surface area contributed by atoms with Crippen LogP contribution in [0.1, 0.15) is 37.5 Å². The Morgan fingerprint density at radius 1 is 1.32 bits per heavy atom. The largest absolute Gasteiger partial charge is 0.468 e. The molecule has 1 aromatic heterocycles. The molecule has 1 aromatic rings. The van der Waals surface area contributed by atoms with Crippen molar-refractivity contribution in [3.8, 4) is 0 Å². The average Bonchev–Trinajstić information content (AvgIpc) is 3.19. The van der Waals surface area contributed by atoms with Gasteiger partial charge < -0.3 is 9.15 Å². The number of hydrogen-bond donors (Lipinski definition) is 0. The van der Waals surface area contributed by atoms with Gasteiger partial charge in [0.05, 0.1) is 18.9 Å². The number of methoxy groups -OCH3 is 1. The molecule has 2 fully saturated rings. The number of hydrogen-bond acceptors (Lipinski definition) is 4. The first kappa shape index (κ1) is 16.0. The van der Waals surface area contributed by atoms with Crippen molar-refractivity contribution >= 4 is 10.2 Å². The maximum Gasteiger partial charge on any atom is 0.282 e. The van der Waals surface area contributed by atoms with Gasteiger partial charge in [-0.15, -0.1) is 0 Å². The van der Waals surface area contributed by atoms with Gasteiger partial charge in [0.2, 0.25) is 0 Å². The van der Waals surface area contributed by atoms with Crippen LogP contribution < -0.4 is 0 Å². The van der Waals surface area contributed by atoms with E-state index in [4.69, 9.17) is 9.15 Å². The molecule has 7 heteroatoms. The van der Waals surface area contributed by atoms with Gasteiger partial charge in [-0.25, -0.2) is 0 Å². The molecule has 6 nitrogen and oxygen atoms in total. The lowest BCUT2D eigenvalue weighted by Gasteiger charge is -2.35. The fourth-order valence-corrected chi connectivity index (χ4v) is 5.48. The van der Waals surface area contributed by atoms with Crippen molar-refractivity contribution in [2.24, 2.45) is 5.92 Å². The molecule has 0 aliphatic carbocycles. The first-order valence-corrected chi connectivity index (χ1v) is 9.32. The van der Waals surface area contributed by atoms with Crippen molar-refractivity contribution in [3.05, 3.63) is 24.2 Å². The van der Waals surface area contributed by atoms with Crippen LogP contribution in [-0.4, -0.2) is 50.4 Å². The molecular weight excluding hydrogens is 304 g/mol. The Morgan fingerprint density at radius 3 is 2.86 bits per heavy atom. The molecule has 2 aliphatic heterocycles. The normalized spacial score (nSPS) is 28.2. The quantitative estimate of drug-likeness (QED) is 0.829. The monoisotopic (exact) mass is 328 g/mol. The summed E-state index contributed by atoms with van der Waals surface area (Å²) in [6, 6.07) is 3.51. The van der Waals surface area contributed by atoms with E-state index in [1.807, 2.05) is 12.1 Å². The molecule has 2 saturated heterocycles. The van der Waals surface area contributed by atoms with Crippen LogP contribution in [0.2, 0.25) is 0 Å². The molecule has 2 atom stereocenters. The van der Waals surface area contributed by atoms with E-state index < -0.39 is 10.2 Å². The second-order valence-corrected chi connectivity index (χ2v) is 7.99. The second kappa shape index (κ2) is 6.70. The van der Waals surface area contributed by atoms with Crippen molar-refractivity contribution in [1.29, 1.82) is 0 Å². The van der Waals surface area contributed by atoms with Gasteiger partial charge in [-0.2, -0.15) is 17.0 Å². The van der Waals surface area contributed by atoms with Crippen LogP contribution in [0.4, 0.5) is 0 Å². The molecular formula is C15H24N2O4S. The lowest BCUT2D eigenvalue weighted by molar-refractivity contribution is 0.116. The van der Waals surface area contributed by atoms with E-state index in [-0.39, 0.29) is 12.0 Å². The Hall–Kier alpha value is -0.890. The van der Waals surface area contributed by atoms with E-state index in [1.165, 1.54) is 0 Å². The zero-order valence-electron chi connectivity index (χ0n) is 13.0. The lowest BCUT2D eigenvalue weighted by Crippen LogP contribution is -2.48. The summed E-state index contributed by atoms with van der Waals surface area (Å²) in [5.41, 5.74) is 0. The fraction of sp³-hybridized carbons (Fsp3) is 0.733. The molecule has 0 amide bonds. The summed E-state index contributed by atoms with van der Waals surface area (Å²) in [4.78, 5) is 0. The molecule has 0 aromatic carbocycles. The summed E-state index contributed by atoms with van der Waals surface area (Å²) in [5, 5.41) is 0. The maximum atomic E-state index is 13.0. The maximum absolute atomic E-state index is 13.0. The highest BCUT2D eigenvalue weighted by Gasteiger charge is 2.41. The Bertz CT molecular complexity index is 570. The van der Waals surface area contributed by atoms with Gasteiger partial charge in [-0.1, -0.05) is 0 Å². The summed E-state index contributed by atoms with van der Waals surface area (Å²) in [6.45, 7) is 2.34. The molecule has 3 heterocycles. The second-order valence-electron chi connectivity index (χ2n) is 6.11. The lowest BCUT2D eigenvalue weighted by atomic mass is 10.0. The molecule has 0 radical (unpaired) electrons. The third-order valence-electron chi connectivity index (χ3n) is 4.58. The molecule has 0 saturated carbocycles. The van der Waals surface area contributed by atoms with Crippen LogP contribution in [-0.2, 0) is 14.9 Å². The topological polar surface area (TPSA) is 63.0 Å². The minimum Gasteiger partial charge on any atom is -0.468 e. The summed E-state index contributed by atoms with van der Waals surface area (Å²) < 4.78 is 39.9. The van der Waals surface area contributed by atoms with Crippen LogP contribution in [0.15, 0.2) is 22.8 Å². The first-order chi connectivity index (χ1) is 10.6. The number of ether oxygens (including phenoxy) is 1.